The third-order valence-corrected chi connectivity index (χ3v) is 3.51. The zero-order valence-electron chi connectivity index (χ0n) is 11.2. The van der Waals surface area contributed by atoms with E-state index >= 15 is 0 Å². The number of nitro benzene ring substituents is 1. The lowest BCUT2D eigenvalue weighted by Gasteiger charge is -2.06. The summed E-state index contributed by atoms with van der Waals surface area (Å²) in [6.07, 6.45) is 0. The molecular weight excluding hydrogens is 294 g/mol. The molecule has 0 amide bonds. The lowest BCUT2D eigenvalue weighted by Crippen LogP contribution is -2.01. The minimum Gasteiger partial charge on any atom is -0.478 e. The van der Waals surface area contributed by atoms with E-state index in [2.05, 4.69) is 9.97 Å². The van der Waals surface area contributed by atoms with Gasteiger partial charge in [-0.3, -0.25) is 10.1 Å². The van der Waals surface area contributed by atoms with E-state index in [1.165, 1.54) is 12.1 Å². The quantitative estimate of drug-likeness (QED) is 0.525. The standard InChI is InChI=1S/C13H11N3O4S/c1-7-5-8(2)15-13(14-7)21-11-4-3-9(16(19)20)6-10(11)12(17)18/h3-6H,1-2H3,(H,17,18). The number of rotatable bonds is 4. The molecule has 1 aromatic heterocycles. The van der Waals surface area contributed by atoms with Gasteiger partial charge in [0.05, 0.1) is 10.5 Å². The molecule has 1 N–H and O–H groups in total. The Kier molecular flexibility index (Phi) is 4.18. The summed E-state index contributed by atoms with van der Waals surface area (Å²) in [4.78, 5) is 30.1. The lowest BCUT2D eigenvalue weighted by atomic mass is 10.2. The van der Waals surface area contributed by atoms with Gasteiger partial charge in [-0.25, -0.2) is 14.8 Å². The Morgan fingerprint density at radius 2 is 1.86 bits per heavy atom. The molecule has 0 spiro atoms. The summed E-state index contributed by atoms with van der Waals surface area (Å²) >= 11 is 1.07. The summed E-state index contributed by atoms with van der Waals surface area (Å²) in [7, 11) is 0. The maximum absolute atomic E-state index is 11.2. The van der Waals surface area contributed by atoms with Crippen LogP contribution in [0.5, 0.6) is 0 Å². The summed E-state index contributed by atoms with van der Waals surface area (Å²) < 4.78 is 0. The predicted molar refractivity (Wildman–Crippen MR) is 75.7 cm³/mol. The van der Waals surface area contributed by atoms with Crippen molar-refractivity contribution in [1.29, 1.82) is 0 Å². The maximum Gasteiger partial charge on any atom is 0.337 e. The van der Waals surface area contributed by atoms with Crippen LogP contribution in [0.4, 0.5) is 5.69 Å². The van der Waals surface area contributed by atoms with Crippen molar-refractivity contribution in [2.24, 2.45) is 0 Å². The van der Waals surface area contributed by atoms with Crippen LogP contribution in [0.15, 0.2) is 34.3 Å². The molecule has 1 aromatic carbocycles. The van der Waals surface area contributed by atoms with E-state index in [1.54, 1.807) is 6.07 Å². The molecule has 0 saturated heterocycles. The number of carboxylic acid groups (broad SMARTS) is 1. The van der Waals surface area contributed by atoms with Crippen LogP contribution in [-0.4, -0.2) is 26.0 Å². The van der Waals surface area contributed by atoms with E-state index < -0.39 is 10.9 Å². The normalized spacial score (nSPS) is 10.4. The zero-order chi connectivity index (χ0) is 15.6. The first-order valence-corrected chi connectivity index (χ1v) is 6.70. The van der Waals surface area contributed by atoms with Gasteiger partial charge in [0.25, 0.3) is 5.69 Å². The number of nitrogens with zero attached hydrogens (tertiary/aromatic N) is 3. The van der Waals surface area contributed by atoms with E-state index in [0.29, 0.717) is 10.1 Å². The Bertz CT molecular complexity index is 713. The van der Waals surface area contributed by atoms with Crippen molar-refractivity contribution in [3.05, 3.63) is 51.3 Å². The number of nitro groups is 1. The Morgan fingerprint density at radius 1 is 1.24 bits per heavy atom. The van der Waals surface area contributed by atoms with Gasteiger partial charge in [-0.05, 0) is 37.7 Å². The first-order valence-electron chi connectivity index (χ1n) is 5.88. The van der Waals surface area contributed by atoms with E-state index in [1.807, 2.05) is 13.8 Å². The minimum absolute atomic E-state index is 0.142. The first kappa shape index (κ1) is 14.9. The van der Waals surface area contributed by atoms with E-state index in [9.17, 15) is 20.0 Å². The molecule has 21 heavy (non-hydrogen) atoms. The molecular formula is C13H11N3O4S. The molecule has 0 fully saturated rings. The predicted octanol–water partition coefficient (Wildman–Crippen LogP) is 2.85. The summed E-state index contributed by atoms with van der Waals surface area (Å²) in [5.41, 5.74) is 1.13. The molecule has 1 heterocycles. The molecule has 0 atom stereocenters. The van der Waals surface area contributed by atoms with Gasteiger partial charge in [0.2, 0.25) is 0 Å². The monoisotopic (exact) mass is 305 g/mol. The van der Waals surface area contributed by atoms with Gasteiger partial charge in [-0.15, -0.1) is 0 Å². The number of hydrogen-bond donors (Lipinski definition) is 1. The van der Waals surface area contributed by atoms with Crippen molar-refractivity contribution in [2.75, 3.05) is 0 Å². The van der Waals surface area contributed by atoms with E-state index in [0.717, 1.165) is 29.2 Å². The van der Waals surface area contributed by atoms with Crippen LogP contribution in [0.1, 0.15) is 21.7 Å². The van der Waals surface area contributed by atoms with Gasteiger partial charge >= 0.3 is 5.97 Å². The second kappa shape index (κ2) is 5.88. The number of aromatic carboxylic acids is 1. The molecule has 0 aliphatic rings. The number of non-ortho nitro benzene ring substituents is 1. The first-order chi connectivity index (χ1) is 9.86. The van der Waals surface area contributed by atoms with E-state index in [4.69, 9.17) is 0 Å². The number of benzene rings is 1. The minimum atomic E-state index is -1.23. The van der Waals surface area contributed by atoms with Gasteiger partial charge in [0.1, 0.15) is 0 Å². The third kappa shape index (κ3) is 3.54. The zero-order valence-corrected chi connectivity index (χ0v) is 12.0. The van der Waals surface area contributed by atoms with Gasteiger partial charge < -0.3 is 5.11 Å². The molecule has 0 radical (unpaired) electrons. The van der Waals surface area contributed by atoms with Crippen molar-refractivity contribution < 1.29 is 14.8 Å². The van der Waals surface area contributed by atoms with Crippen LogP contribution < -0.4 is 0 Å². The Balaban J connectivity index is 2.43. The number of hydrogen-bond acceptors (Lipinski definition) is 6. The Labute approximate surface area is 124 Å². The Hall–Kier alpha value is -2.48. The second-order valence-corrected chi connectivity index (χ2v) is 5.29. The van der Waals surface area contributed by atoms with Crippen molar-refractivity contribution >= 4 is 23.4 Å². The van der Waals surface area contributed by atoms with Crippen LogP contribution in [0.3, 0.4) is 0 Å². The van der Waals surface area contributed by atoms with Crippen LogP contribution in [-0.2, 0) is 0 Å². The van der Waals surface area contributed by atoms with Crippen molar-refractivity contribution in [1.82, 2.24) is 9.97 Å². The van der Waals surface area contributed by atoms with Crippen molar-refractivity contribution in [3.8, 4) is 0 Å². The molecule has 0 aliphatic heterocycles. The van der Waals surface area contributed by atoms with Crippen LogP contribution in [0.25, 0.3) is 0 Å². The highest BCUT2D eigenvalue weighted by Gasteiger charge is 2.17. The molecule has 0 aliphatic carbocycles. The largest absolute Gasteiger partial charge is 0.478 e. The smallest absolute Gasteiger partial charge is 0.337 e. The molecule has 2 aromatic rings. The fourth-order valence-electron chi connectivity index (χ4n) is 1.73. The van der Waals surface area contributed by atoms with Crippen LogP contribution >= 0.6 is 11.8 Å². The Morgan fingerprint density at radius 3 is 2.38 bits per heavy atom. The van der Waals surface area contributed by atoms with Gasteiger partial charge in [-0.2, -0.15) is 0 Å². The average molecular weight is 305 g/mol. The van der Waals surface area contributed by atoms with Crippen LogP contribution in [0, 0.1) is 24.0 Å². The fourth-order valence-corrected chi connectivity index (χ4v) is 2.69. The maximum atomic E-state index is 11.2. The van der Waals surface area contributed by atoms with Crippen molar-refractivity contribution in [2.45, 2.75) is 23.9 Å². The number of aromatic nitrogens is 2. The molecule has 2 rings (SSSR count). The average Bonchev–Trinajstić information content (AvgIpc) is 2.37. The summed E-state index contributed by atoms with van der Waals surface area (Å²) in [5, 5.41) is 20.3. The number of carbonyl (C=O) groups is 1. The third-order valence-electron chi connectivity index (χ3n) is 2.57. The molecule has 0 unspecified atom stereocenters. The molecule has 8 heteroatoms. The molecule has 0 bridgehead atoms. The van der Waals surface area contributed by atoms with Crippen LogP contribution in [0.2, 0.25) is 0 Å². The summed E-state index contributed by atoms with van der Waals surface area (Å²) in [6.45, 7) is 3.62. The summed E-state index contributed by atoms with van der Waals surface area (Å²) in [5.74, 6) is -1.23. The number of carboxylic acids is 1. The van der Waals surface area contributed by atoms with Gasteiger partial charge in [0, 0.05) is 28.4 Å². The number of aryl methyl sites for hydroxylation is 2. The highest BCUT2D eigenvalue weighted by Crippen LogP contribution is 2.31. The lowest BCUT2D eigenvalue weighted by molar-refractivity contribution is -0.384. The second-order valence-electron chi connectivity index (χ2n) is 4.28. The fraction of sp³-hybridized carbons (Fsp3) is 0.154. The SMILES string of the molecule is Cc1cc(C)nc(Sc2ccc([N+](=O)[O-])cc2C(=O)O)n1. The molecule has 7 nitrogen and oxygen atoms in total. The van der Waals surface area contributed by atoms with Gasteiger partial charge in [-0.1, -0.05) is 0 Å². The topological polar surface area (TPSA) is 106 Å². The highest BCUT2D eigenvalue weighted by molar-refractivity contribution is 7.99. The molecule has 0 saturated carbocycles. The van der Waals surface area contributed by atoms with Gasteiger partial charge in [0.15, 0.2) is 5.16 Å². The van der Waals surface area contributed by atoms with Crippen molar-refractivity contribution in [3.63, 3.8) is 0 Å². The van der Waals surface area contributed by atoms with E-state index in [-0.39, 0.29) is 11.3 Å². The highest BCUT2D eigenvalue weighted by atomic mass is 32.2. The molecule has 108 valence electrons. The summed E-state index contributed by atoms with van der Waals surface area (Å²) in [6, 6.07) is 5.50.